The summed E-state index contributed by atoms with van der Waals surface area (Å²) in [4.78, 5) is 14.0. The third kappa shape index (κ3) is 3.60. The Labute approximate surface area is 115 Å². The van der Waals surface area contributed by atoms with Gasteiger partial charge in [-0.15, -0.1) is 0 Å². The van der Waals surface area contributed by atoms with Crippen molar-refractivity contribution >= 4 is 11.6 Å². The Kier molecular flexibility index (Phi) is 4.61. The summed E-state index contributed by atoms with van der Waals surface area (Å²) in [5.41, 5.74) is 8.48. The Morgan fingerprint density at radius 1 is 1.32 bits per heavy atom. The van der Waals surface area contributed by atoms with Crippen LogP contribution < -0.4 is 5.73 Å². The molecule has 1 aliphatic carbocycles. The average Bonchev–Trinajstić information content (AvgIpc) is 2.45. The second-order valence-electron chi connectivity index (χ2n) is 5.17. The fraction of sp³-hybridized carbons (Fsp3) is 0.438. The highest BCUT2D eigenvalue weighted by Gasteiger charge is 2.14. The number of carbonyl (C=O) groups excluding carboxylic acids is 1. The van der Waals surface area contributed by atoms with Crippen LogP contribution in [0, 0.1) is 0 Å². The van der Waals surface area contributed by atoms with E-state index in [1.54, 1.807) is 17.0 Å². The van der Waals surface area contributed by atoms with Crippen molar-refractivity contribution in [2.45, 2.75) is 32.1 Å². The van der Waals surface area contributed by atoms with Gasteiger partial charge < -0.3 is 10.6 Å². The van der Waals surface area contributed by atoms with Gasteiger partial charge in [0.15, 0.2) is 0 Å². The molecule has 2 rings (SSSR count). The number of nitrogens with zero attached hydrogens (tertiary/aromatic N) is 1. The minimum absolute atomic E-state index is 0.00881. The van der Waals surface area contributed by atoms with Crippen LogP contribution in [-0.4, -0.2) is 24.4 Å². The number of benzene rings is 1. The lowest BCUT2D eigenvalue weighted by Crippen LogP contribution is -2.28. The van der Waals surface area contributed by atoms with Crippen molar-refractivity contribution in [3.8, 4) is 0 Å². The molecule has 0 heterocycles. The molecule has 0 saturated heterocycles. The summed E-state index contributed by atoms with van der Waals surface area (Å²) in [6, 6.07) is 7.25. The molecular formula is C16H22N2O. The number of hydrogen-bond acceptors (Lipinski definition) is 2. The lowest BCUT2D eigenvalue weighted by molar-refractivity contribution is 0.0797. The fourth-order valence-electron chi connectivity index (χ4n) is 2.44. The fourth-order valence-corrected chi connectivity index (χ4v) is 2.44. The molecule has 1 aromatic carbocycles. The summed E-state index contributed by atoms with van der Waals surface area (Å²) >= 11 is 0. The Morgan fingerprint density at radius 3 is 2.79 bits per heavy atom. The monoisotopic (exact) mass is 258 g/mol. The number of hydrogen-bond donors (Lipinski definition) is 1. The van der Waals surface area contributed by atoms with E-state index in [9.17, 15) is 4.79 Å². The lowest BCUT2D eigenvalue weighted by atomic mass is 9.97. The van der Waals surface area contributed by atoms with E-state index < -0.39 is 0 Å². The van der Waals surface area contributed by atoms with Gasteiger partial charge in [-0.05, 0) is 44.2 Å². The second kappa shape index (κ2) is 6.41. The molecule has 102 valence electrons. The summed E-state index contributed by atoms with van der Waals surface area (Å²) < 4.78 is 0. The molecule has 19 heavy (non-hydrogen) atoms. The zero-order chi connectivity index (χ0) is 13.7. The molecule has 3 nitrogen and oxygen atoms in total. The number of rotatable bonds is 4. The minimum Gasteiger partial charge on any atom is -0.398 e. The first-order valence-electron chi connectivity index (χ1n) is 6.96. The summed E-state index contributed by atoms with van der Waals surface area (Å²) in [5, 5.41) is 0. The van der Waals surface area contributed by atoms with E-state index in [0.29, 0.717) is 11.3 Å². The van der Waals surface area contributed by atoms with Crippen LogP contribution in [0.4, 0.5) is 5.69 Å². The number of nitrogen functional groups attached to an aromatic ring is 1. The molecule has 0 fully saturated rings. The van der Waals surface area contributed by atoms with Gasteiger partial charge in [-0.2, -0.15) is 0 Å². The van der Waals surface area contributed by atoms with Crippen LogP contribution in [0.1, 0.15) is 42.5 Å². The number of amides is 1. The Bertz CT molecular complexity index is 479. The summed E-state index contributed by atoms with van der Waals surface area (Å²) in [5.74, 6) is 0.00881. The first kappa shape index (κ1) is 13.7. The van der Waals surface area contributed by atoms with Crippen molar-refractivity contribution in [2.75, 3.05) is 19.3 Å². The van der Waals surface area contributed by atoms with E-state index in [1.807, 2.05) is 19.2 Å². The molecule has 0 atom stereocenters. The molecule has 0 saturated carbocycles. The zero-order valence-electron chi connectivity index (χ0n) is 11.6. The zero-order valence-corrected chi connectivity index (χ0v) is 11.6. The van der Waals surface area contributed by atoms with Crippen molar-refractivity contribution in [1.82, 2.24) is 4.90 Å². The minimum atomic E-state index is 0.00881. The molecule has 0 aromatic heterocycles. The van der Waals surface area contributed by atoms with Crippen LogP contribution >= 0.6 is 0 Å². The van der Waals surface area contributed by atoms with Crippen molar-refractivity contribution in [3.63, 3.8) is 0 Å². The largest absolute Gasteiger partial charge is 0.398 e. The number of allylic oxidation sites excluding steroid dienone is 1. The normalized spacial score (nSPS) is 14.9. The molecule has 1 aliphatic rings. The van der Waals surface area contributed by atoms with E-state index in [0.717, 1.165) is 13.0 Å². The summed E-state index contributed by atoms with van der Waals surface area (Å²) in [7, 11) is 1.85. The van der Waals surface area contributed by atoms with Gasteiger partial charge in [-0.25, -0.2) is 0 Å². The maximum atomic E-state index is 12.3. The van der Waals surface area contributed by atoms with Crippen LogP contribution in [0.15, 0.2) is 35.9 Å². The summed E-state index contributed by atoms with van der Waals surface area (Å²) in [6.45, 7) is 0.763. The number of anilines is 1. The van der Waals surface area contributed by atoms with E-state index in [-0.39, 0.29) is 5.91 Å². The topological polar surface area (TPSA) is 46.3 Å². The number of carbonyl (C=O) groups is 1. The van der Waals surface area contributed by atoms with Gasteiger partial charge in [0.25, 0.3) is 5.91 Å². The highest BCUT2D eigenvalue weighted by molar-refractivity contribution is 5.98. The van der Waals surface area contributed by atoms with Gasteiger partial charge in [0.1, 0.15) is 0 Å². The van der Waals surface area contributed by atoms with Gasteiger partial charge in [0, 0.05) is 19.3 Å². The number of para-hydroxylation sites is 1. The van der Waals surface area contributed by atoms with E-state index in [2.05, 4.69) is 6.08 Å². The van der Waals surface area contributed by atoms with E-state index in [1.165, 1.54) is 31.3 Å². The smallest absolute Gasteiger partial charge is 0.255 e. The van der Waals surface area contributed by atoms with Gasteiger partial charge in [0.2, 0.25) is 0 Å². The second-order valence-corrected chi connectivity index (χ2v) is 5.17. The van der Waals surface area contributed by atoms with Crippen molar-refractivity contribution in [3.05, 3.63) is 41.5 Å². The predicted molar refractivity (Wildman–Crippen MR) is 79.0 cm³/mol. The van der Waals surface area contributed by atoms with E-state index in [4.69, 9.17) is 5.73 Å². The van der Waals surface area contributed by atoms with Gasteiger partial charge in [-0.3, -0.25) is 4.79 Å². The maximum Gasteiger partial charge on any atom is 0.255 e. The van der Waals surface area contributed by atoms with E-state index >= 15 is 0 Å². The number of nitrogens with two attached hydrogens (primary N) is 1. The van der Waals surface area contributed by atoms with Crippen LogP contribution in [0.2, 0.25) is 0 Å². The first-order valence-corrected chi connectivity index (χ1v) is 6.96. The maximum absolute atomic E-state index is 12.3. The lowest BCUT2D eigenvalue weighted by Gasteiger charge is -2.20. The Balaban J connectivity index is 1.92. The molecule has 0 unspecified atom stereocenters. The van der Waals surface area contributed by atoms with Crippen LogP contribution in [0.3, 0.4) is 0 Å². The molecule has 1 aromatic rings. The third-order valence-corrected chi connectivity index (χ3v) is 3.69. The first-order chi connectivity index (χ1) is 9.18. The average molecular weight is 258 g/mol. The quantitative estimate of drug-likeness (QED) is 0.665. The summed E-state index contributed by atoms with van der Waals surface area (Å²) in [6.07, 6.45) is 8.29. The molecule has 0 bridgehead atoms. The standard InChI is InChI=1S/C16H22N2O/c1-18(12-11-13-7-3-2-4-8-13)16(19)14-9-5-6-10-15(14)17/h5-7,9-10H,2-4,8,11-12,17H2,1H3. The van der Waals surface area contributed by atoms with Crippen molar-refractivity contribution in [2.24, 2.45) is 0 Å². The molecular weight excluding hydrogens is 236 g/mol. The SMILES string of the molecule is CN(CCC1=CCCCC1)C(=O)c1ccccc1N. The molecule has 3 heteroatoms. The molecule has 2 N–H and O–H groups in total. The van der Waals surface area contributed by atoms with Crippen LogP contribution in [0.25, 0.3) is 0 Å². The molecule has 0 aliphatic heterocycles. The van der Waals surface area contributed by atoms with Crippen molar-refractivity contribution in [1.29, 1.82) is 0 Å². The van der Waals surface area contributed by atoms with Gasteiger partial charge in [0.05, 0.1) is 5.56 Å². The molecule has 0 radical (unpaired) electrons. The van der Waals surface area contributed by atoms with Gasteiger partial charge in [-0.1, -0.05) is 23.8 Å². The third-order valence-electron chi connectivity index (χ3n) is 3.69. The Hall–Kier alpha value is -1.77. The van der Waals surface area contributed by atoms with Crippen LogP contribution in [-0.2, 0) is 0 Å². The predicted octanol–water partition coefficient (Wildman–Crippen LogP) is 3.23. The highest BCUT2D eigenvalue weighted by atomic mass is 16.2. The van der Waals surface area contributed by atoms with Crippen LogP contribution in [0.5, 0.6) is 0 Å². The van der Waals surface area contributed by atoms with Gasteiger partial charge >= 0.3 is 0 Å². The molecule has 0 spiro atoms. The molecule has 1 amide bonds. The van der Waals surface area contributed by atoms with Crippen molar-refractivity contribution < 1.29 is 4.79 Å². The highest BCUT2D eigenvalue weighted by Crippen LogP contribution is 2.20. The Morgan fingerprint density at radius 2 is 2.11 bits per heavy atom.